The van der Waals surface area contributed by atoms with E-state index < -0.39 is 0 Å². The van der Waals surface area contributed by atoms with Crippen LogP contribution in [0, 0.1) is 0 Å². The minimum atomic E-state index is -0.289. The molecule has 3 aliphatic rings. The topological polar surface area (TPSA) is 111 Å². The summed E-state index contributed by atoms with van der Waals surface area (Å²) in [6.07, 6.45) is 2.17. The van der Waals surface area contributed by atoms with Crippen molar-refractivity contribution in [3.8, 4) is 11.4 Å². The largest absolute Gasteiger partial charge is 0.377 e. The highest BCUT2D eigenvalue weighted by Crippen LogP contribution is 2.33. The van der Waals surface area contributed by atoms with E-state index in [1.165, 1.54) is 5.56 Å². The summed E-state index contributed by atoms with van der Waals surface area (Å²) >= 11 is 0. The zero-order valence-corrected chi connectivity index (χ0v) is 24.7. The van der Waals surface area contributed by atoms with Crippen molar-refractivity contribution >= 4 is 29.3 Å². The third-order valence-corrected chi connectivity index (χ3v) is 8.13. The molecule has 1 aromatic heterocycles. The van der Waals surface area contributed by atoms with Crippen LogP contribution < -0.4 is 20.9 Å². The molecule has 2 unspecified atom stereocenters. The molecule has 2 aromatic carbocycles. The highest BCUT2D eigenvalue weighted by atomic mass is 16.5. The van der Waals surface area contributed by atoms with Gasteiger partial charge in [-0.1, -0.05) is 12.1 Å². The molecule has 3 aromatic rings. The van der Waals surface area contributed by atoms with Gasteiger partial charge in [-0.2, -0.15) is 15.0 Å². The smallest absolute Gasteiger partial charge is 0.323 e. The number of ether oxygens (including phenoxy) is 1. The SMILES string of the molecule is CC(C)Nc1nc(-c2ccc(NC(=O)Nc3ccc(CN4CCN(C)CC4)cc3)cc2)nc(N2C3CCC2COC3)n1. The van der Waals surface area contributed by atoms with Crippen molar-refractivity contribution in [3.63, 3.8) is 0 Å². The van der Waals surface area contributed by atoms with Crippen LogP contribution in [0.1, 0.15) is 32.3 Å². The van der Waals surface area contributed by atoms with Crippen molar-refractivity contribution in [1.82, 2.24) is 24.8 Å². The number of nitrogens with one attached hydrogen (secondary N) is 3. The van der Waals surface area contributed by atoms with Gasteiger partial charge in [-0.15, -0.1) is 0 Å². The number of amides is 2. The molecular weight excluding hydrogens is 530 g/mol. The summed E-state index contributed by atoms with van der Waals surface area (Å²) in [4.78, 5) is 34.2. The number of piperazine rings is 1. The number of hydrogen-bond donors (Lipinski definition) is 3. The first-order valence-corrected chi connectivity index (χ1v) is 15.0. The summed E-state index contributed by atoms with van der Waals surface area (Å²) in [6, 6.07) is 16.1. The van der Waals surface area contributed by atoms with E-state index in [9.17, 15) is 4.79 Å². The number of rotatable bonds is 8. The third-order valence-electron chi connectivity index (χ3n) is 8.13. The number of urea groups is 1. The van der Waals surface area contributed by atoms with Gasteiger partial charge >= 0.3 is 6.03 Å². The molecule has 2 amide bonds. The van der Waals surface area contributed by atoms with Crippen LogP contribution in [0.2, 0.25) is 0 Å². The standard InChI is InChI=1S/C31H41N9O2/c1-21(2)32-29-35-28(36-30(37-29)40-26-12-13-27(40)20-42-19-26)23-6-10-25(11-7-23)34-31(41)33-24-8-4-22(5-9-24)18-39-16-14-38(3)15-17-39/h4-11,21,26-27H,12-20H2,1-3H3,(H2,33,34,41)(H,32,35,36,37). The van der Waals surface area contributed by atoms with E-state index in [0.717, 1.165) is 56.8 Å². The second-order valence-corrected chi connectivity index (χ2v) is 11.8. The molecule has 0 spiro atoms. The van der Waals surface area contributed by atoms with Crippen molar-refractivity contribution in [2.75, 3.05) is 67.3 Å². The fourth-order valence-electron chi connectivity index (χ4n) is 5.84. The zero-order chi connectivity index (χ0) is 29.1. The third kappa shape index (κ3) is 6.80. The molecule has 2 atom stereocenters. The Kier molecular flexibility index (Phi) is 8.50. The highest BCUT2D eigenvalue weighted by molar-refractivity contribution is 5.99. The lowest BCUT2D eigenvalue weighted by Crippen LogP contribution is -2.47. The Morgan fingerprint density at radius 2 is 1.50 bits per heavy atom. The number of morpholine rings is 1. The average Bonchev–Trinajstić information content (AvgIpc) is 3.23. The number of benzene rings is 2. The molecule has 11 nitrogen and oxygen atoms in total. The Balaban J connectivity index is 1.09. The normalized spacial score (nSPS) is 21.0. The van der Waals surface area contributed by atoms with Crippen LogP contribution in [0.25, 0.3) is 11.4 Å². The molecule has 3 saturated heterocycles. The molecule has 6 rings (SSSR count). The second kappa shape index (κ2) is 12.6. The second-order valence-electron chi connectivity index (χ2n) is 11.8. The predicted molar refractivity (Wildman–Crippen MR) is 166 cm³/mol. The van der Waals surface area contributed by atoms with Crippen molar-refractivity contribution in [1.29, 1.82) is 0 Å². The molecule has 2 bridgehead atoms. The number of carbonyl (C=O) groups excluding carboxylic acids is 1. The molecule has 3 N–H and O–H groups in total. The maximum absolute atomic E-state index is 12.7. The summed E-state index contributed by atoms with van der Waals surface area (Å²) in [5, 5.41) is 9.19. The van der Waals surface area contributed by atoms with Gasteiger partial charge in [0.1, 0.15) is 0 Å². The summed E-state index contributed by atoms with van der Waals surface area (Å²) in [5.41, 5.74) is 3.54. The number of carbonyl (C=O) groups is 1. The van der Waals surface area contributed by atoms with Gasteiger partial charge in [-0.3, -0.25) is 4.90 Å². The molecule has 3 fully saturated rings. The van der Waals surface area contributed by atoms with E-state index in [4.69, 9.17) is 19.7 Å². The predicted octanol–water partition coefficient (Wildman–Crippen LogP) is 4.12. The van der Waals surface area contributed by atoms with Crippen molar-refractivity contribution in [3.05, 3.63) is 54.1 Å². The quantitative estimate of drug-likeness (QED) is 0.368. The first-order valence-electron chi connectivity index (χ1n) is 15.0. The first-order chi connectivity index (χ1) is 20.4. The van der Waals surface area contributed by atoms with Gasteiger partial charge < -0.3 is 30.5 Å². The summed E-state index contributed by atoms with van der Waals surface area (Å²) in [5.74, 6) is 1.85. The maximum atomic E-state index is 12.7. The number of hydrogen-bond acceptors (Lipinski definition) is 9. The van der Waals surface area contributed by atoms with Gasteiger partial charge in [0.25, 0.3) is 0 Å². The lowest BCUT2D eigenvalue weighted by Gasteiger charge is -2.34. The van der Waals surface area contributed by atoms with E-state index >= 15 is 0 Å². The molecule has 3 aliphatic heterocycles. The number of anilines is 4. The van der Waals surface area contributed by atoms with E-state index in [1.54, 1.807) is 0 Å². The summed E-state index contributed by atoms with van der Waals surface area (Å²) in [7, 11) is 2.17. The van der Waals surface area contributed by atoms with E-state index in [-0.39, 0.29) is 12.1 Å². The van der Waals surface area contributed by atoms with Gasteiger partial charge in [0.15, 0.2) is 5.82 Å². The summed E-state index contributed by atoms with van der Waals surface area (Å²) in [6.45, 7) is 10.8. The van der Waals surface area contributed by atoms with Crippen molar-refractivity contribution in [2.24, 2.45) is 0 Å². The van der Waals surface area contributed by atoms with E-state index in [0.29, 0.717) is 48.7 Å². The number of likely N-dealkylation sites (N-methyl/N-ethyl adjacent to an activating group) is 1. The number of nitrogens with zero attached hydrogens (tertiary/aromatic N) is 6. The monoisotopic (exact) mass is 571 g/mol. The zero-order valence-electron chi connectivity index (χ0n) is 24.7. The van der Waals surface area contributed by atoms with Gasteiger partial charge in [0.2, 0.25) is 11.9 Å². The number of fused-ring (bicyclic) bond motifs is 2. The Labute approximate surface area is 247 Å². The molecule has 0 aliphatic carbocycles. The molecular formula is C31H41N9O2. The number of aromatic nitrogens is 3. The Bertz CT molecular complexity index is 1340. The fraction of sp³-hybridized carbons (Fsp3) is 0.484. The Hall–Kier alpha value is -3.80. The molecule has 42 heavy (non-hydrogen) atoms. The first kappa shape index (κ1) is 28.3. The highest BCUT2D eigenvalue weighted by Gasteiger charge is 2.39. The van der Waals surface area contributed by atoms with Crippen LogP contribution in [0.4, 0.5) is 28.1 Å². The van der Waals surface area contributed by atoms with E-state index in [2.05, 4.69) is 63.7 Å². The summed E-state index contributed by atoms with van der Waals surface area (Å²) < 4.78 is 5.77. The fourth-order valence-corrected chi connectivity index (χ4v) is 5.84. The molecule has 11 heteroatoms. The lowest BCUT2D eigenvalue weighted by molar-refractivity contribution is 0.0897. The molecule has 0 radical (unpaired) electrons. The Morgan fingerprint density at radius 3 is 2.12 bits per heavy atom. The lowest BCUT2D eigenvalue weighted by atomic mass is 10.2. The van der Waals surface area contributed by atoms with Crippen LogP contribution in [0.15, 0.2) is 48.5 Å². The molecule has 222 valence electrons. The molecule has 4 heterocycles. The van der Waals surface area contributed by atoms with Gasteiger partial charge in [-0.05, 0) is 75.7 Å². The van der Waals surface area contributed by atoms with E-state index in [1.807, 2.05) is 36.4 Å². The van der Waals surface area contributed by atoms with Crippen LogP contribution in [0.5, 0.6) is 0 Å². The van der Waals surface area contributed by atoms with Crippen LogP contribution in [-0.4, -0.2) is 95.3 Å². The maximum Gasteiger partial charge on any atom is 0.323 e. The average molecular weight is 572 g/mol. The minimum Gasteiger partial charge on any atom is -0.377 e. The minimum absolute atomic E-state index is 0.188. The van der Waals surface area contributed by atoms with Gasteiger partial charge in [0.05, 0.1) is 25.3 Å². The molecule has 0 saturated carbocycles. The van der Waals surface area contributed by atoms with Crippen LogP contribution >= 0.6 is 0 Å². The van der Waals surface area contributed by atoms with Gasteiger partial charge in [0, 0.05) is 55.7 Å². The van der Waals surface area contributed by atoms with Crippen LogP contribution in [-0.2, 0) is 11.3 Å². The van der Waals surface area contributed by atoms with Crippen molar-refractivity contribution < 1.29 is 9.53 Å². The van der Waals surface area contributed by atoms with Crippen LogP contribution in [0.3, 0.4) is 0 Å². The Morgan fingerprint density at radius 1 is 0.881 bits per heavy atom. The van der Waals surface area contributed by atoms with Crippen molar-refractivity contribution in [2.45, 2.75) is 51.4 Å². The van der Waals surface area contributed by atoms with Gasteiger partial charge in [-0.25, -0.2) is 4.79 Å².